The van der Waals surface area contributed by atoms with Crippen molar-refractivity contribution in [1.29, 1.82) is 0 Å². The average Bonchev–Trinajstić information content (AvgIpc) is 2.78. The highest BCUT2D eigenvalue weighted by atomic mass is 19.4. The quantitative estimate of drug-likeness (QED) is 0.772. The van der Waals surface area contributed by atoms with Crippen LogP contribution in [0.15, 0.2) is 6.07 Å². The maximum atomic E-state index is 12.9. The Morgan fingerprint density at radius 3 is 1.96 bits per heavy atom. The SMILES string of the molecule is CC(C)c1cc(C(=O)N(CC(C)(C)C)CC(F)(F)F)nn1C(C)(C)C. The number of alkyl halides is 3. The third-order valence-corrected chi connectivity index (χ3v) is 3.51. The molecule has 4 nitrogen and oxygen atoms in total. The van der Waals surface area contributed by atoms with Crippen molar-refractivity contribution >= 4 is 5.91 Å². The van der Waals surface area contributed by atoms with E-state index in [2.05, 4.69) is 5.10 Å². The van der Waals surface area contributed by atoms with Crippen LogP contribution in [0.1, 0.15) is 77.5 Å². The van der Waals surface area contributed by atoms with E-state index in [1.54, 1.807) is 31.5 Å². The van der Waals surface area contributed by atoms with Gasteiger partial charge in [0, 0.05) is 12.2 Å². The number of carbonyl (C=O) groups is 1. The first-order chi connectivity index (χ1) is 11.0. The minimum atomic E-state index is -4.45. The smallest absolute Gasteiger partial charge is 0.328 e. The maximum absolute atomic E-state index is 12.9. The first-order valence-electron chi connectivity index (χ1n) is 8.48. The first kappa shape index (κ1) is 21.5. The van der Waals surface area contributed by atoms with E-state index in [0.29, 0.717) is 0 Å². The minimum Gasteiger partial charge on any atom is -0.328 e. The van der Waals surface area contributed by atoms with Gasteiger partial charge in [-0.15, -0.1) is 0 Å². The predicted molar refractivity (Wildman–Crippen MR) is 92.7 cm³/mol. The standard InChI is InChI=1S/C18H30F3N3O/c1-12(2)14-9-13(22-24(14)17(6,7)8)15(25)23(10-16(3,4)5)11-18(19,20)21/h9,12H,10-11H2,1-8H3. The van der Waals surface area contributed by atoms with Gasteiger partial charge in [-0.1, -0.05) is 34.6 Å². The third kappa shape index (κ3) is 6.36. The van der Waals surface area contributed by atoms with E-state index in [1.165, 1.54) is 0 Å². The summed E-state index contributed by atoms with van der Waals surface area (Å²) in [5.74, 6) is -0.580. The van der Waals surface area contributed by atoms with Gasteiger partial charge < -0.3 is 4.90 Å². The van der Waals surface area contributed by atoms with E-state index in [1.807, 2.05) is 34.6 Å². The zero-order valence-corrected chi connectivity index (χ0v) is 16.5. The molecule has 0 spiro atoms. The largest absolute Gasteiger partial charge is 0.406 e. The molecule has 0 aliphatic rings. The summed E-state index contributed by atoms with van der Waals surface area (Å²) < 4.78 is 40.5. The lowest BCUT2D eigenvalue weighted by molar-refractivity contribution is -0.142. The van der Waals surface area contributed by atoms with Crippen molar-refractivity contribution in [2.24, 2.45) is 5.41 Å². The number of nitrogens with zero attached hydrogens (tertiary/aromatic N) is 3. The number of carbonyl (C=O) groups excluding carboxylic acids is 1. The molecule has 0 unspecified atom stereocenters. The van der Waals surface area contributed by atoms with Crippen LogP contribution in [-0.2, 0) is 5.54 Å². The monoisotopic (exact) mass is 361 g/mol. The van der Waals surface area contributed by atoms with E-state index in [4.69, 9.17) is 0 Å². The number of amides is 1. The van der Waals surface area contributed by atoms with E-state index >= 15 is 0 Å². The molecule has 0 N–H and O–H groups in total. The summed E-state index contributed by atoms with van der Waals surface area (Å²) in [5, 5.41) is 4.34. The lowest BCUT2D eigenvalue weighted by Gasteiger charge is -2.30. The van der Waals surface area contributed by atoms with Gasteiger partial charge in [0.2, 0.25) is 0 Å². The van der Waals surface area contributed by atoms with Crippen molar-refractivity contribution < 1.29 is 18.0 Å². The molecule has 25 heavy (non-hydrogen) atoms. The van der Waals surface area contributed by atoms with Crippen LogP contribution < -0.4 is 0 Å². The van der Waals surface area contributed by atoms with Crippen LogP contribution in [0, 0.1) is 5.41 Å². The van der Waals surface area contributed by atoms with Crippen molar-refractivity contribution in [1.82, 2.24) is 14.7 Å². The fourth-order valence-electron chi connectivity index (χ4n) is 2.60. The molecule has 0 aliphatic heterocycles. The molecule has 1 heterocycles. The van der Waals surface area contributed by atoms with Gasteiger partial charge in [-0.3, -0.25) is 9.48 Å². The van der Waals surface area contributed by atoms with Crippen LogP contribution in [0.2, 0.25) is 0 Å². The van der Waals surface area contributed by atoms with Crippen LogP contribution in [-0.4, -0.2) is 39.9 Å². The van der Waals surface area contributed by atoms with Gasteiger partial charge in [-0.25, -0.2) is 0 Å². The normalized spacial score (nSPS) is 13.4. The summed E-state index contributed by atoms with van der Waals surface area (Å²) in [5.41, 5.74) is 0.0801. The van der Waals surface area contributed by atoms with Crippen LogP contribution in [0.25, 0.3) is 0 Å². The van der Waals surface area contributed by atoms with Gasteiger partial charge in [-0.05, 0) is 38.2 Å². The van der Waals surface area contributed by atoms with Crippen molar-refractivity contribution in [2.75, 3.05) is 13.1 Å². The summed E-state index contributed by atoms with van der Waals surface area (Å²) in [6.07, 6.45) is -4.45. The molecule has 1 amide bonds. The summed E-state index contributed by atoms with van der Waals surface area (Å²) in [4.78, 5) is 13.6. The van der Waals surface area contributed by atoms with Gasteiger partial charge in [0.15, 0.2) is 5.69 Å². The lowest BCUT2D eigenvalue weighted by atomic mass is 9.96. The van der Waals surface area contributed by atoms with E-state index in [0.717, 1.165) is 10.6 Å². The molecule has 1 aromatic heterocycles. The number of hydrogen-bond donors (Lipinski definition) is 0. The molecule has 0 fully saturated rings. The fraction of sp³-hybridized carbons (Fsp3) is 0.778. The topological polar surface area (TPSA) is 38.1 Å². The Bertz CT molecular complexity index is 589. The Kier molecular flexibility index (Phi) is 6.02. The third-order valence-electron chi connectivity index (χ3n) is 3.51. The van der Waals surface area contributed by atoms with Gasteiger partial charge in [0.25, 0.3) is 5.91 Å². The second kappa shape index (κ2) is 7.00. The molecular weight excluding hydrogens is 331 g/mol. The summed E-state index contributed by atoms with van der Waals surface area (Å²) >= 11 is 0. The summed E-state index contributed by atoms with van der Waals surface area (Å²) in [6.45, 7) is 13.9. The van der Waals surface area contributed by atoms with Gasteiger partial charge >= 0.3 is 6.18 Å². The molecule has 144 valence electrons. The van der Waals surface area contributed by atoms with E-state index in [-0.39, 0.29) is 23.7 Å². The highest BCUT2D eigenvalue weighted by molar-refractivity contribution is 5.92. The zero-order chi connectivity index (χ0) is 19.8. The molecule has 7 heteroatoms. The lowest BCUT2D eigenvalue weighted by Crippen LogP contribution is -2.43. The fourth-order valence-corrected chi connectivity index (χ4v) is 2.60. The van der Waals surface area contributed by atoms with Gasteiger partial charge in [-0.2, -0.15) is 18.3 Å². The molecule has 0 bridgehead atoms. The van der Waals surface area contributed by atoms with Crippen LogP contribution >= 0.6 is 0 Å². The van der Waals surface area contributed by atoms with Crippen LogP contribution in [0.5, 0.6) is 0 Å². The van der Waals surface area contributed by atoms with Gasteiger partial charge in [0.1, 0.15) is 6.54 Å². The van der Waals surface area contributed by atoms with Crippen LogP contribution in [0.3, 0.4) is 0 Å². The number of hydrogen-bond acceptors (Lipinski definition) is 2. The van der Waals surface area contributed by atoms with Gasteiger partial charge in [0.05, 0.1) is 5.54 Å². The first-order valence-corrected chi connectivity index (χ1v) is 8.48. The van der Waals surface area contributed by atoms with Crippen molar-refractivity contribution in [2.45, 2.75) is 73.0 Å². The molecule has 0 radical (unpaired) electrons. The molecule has 0 aliphatic carbocycles. The predicted octanol–water partition coefficient (Wildman–Crippen LogP) is 4.81. The zero-order valence-electron chi connectivity index (χ0n) is 16.5. The molecule has 0 atom stereocenters. The Balaban J connectivity index is 3.28. The van der Waals surface area contributed by atoms with Crippen molar-refractivity contribution in [3.8, 4) is 0 Å². The Morgan fingerprint density at radius 1 is 1.12 bits per heavy atom. The Morgan fingerprint density at radius 2 is 1.64 bits per heavy atom. The molecule has 0 aromatic carbocycles. The van der Waals surface area contributed by atoms with E-state index < -0.39 is 24.0 Å². The second-order valence-electron chi connectivity index (χ2n) is 9.03. The number of aromatic nitrogens is 2. The molecule has 0 saturated carbocycles. The second-order valence-corrected chi connectivity index (χ2v) is 9.03. The highest BCUT2D eigenvalue weighted by Crippen LogP contribution is 2.26. The molecule has 1 aromatic rings. The summed E-state index contributed by atoms with van der Waals surface area (Å²) in [7, 11) is 0. The molecule has 1 rings (SSSR count). The van der Waals surface area contributed by atoms with Crippen molar-refractivity contribution in [3.05, 3.63) is 17.5 Å². The number of halogens is 3. The highest BCUT2D eigenvalue weighted by Gasteiger charge is 2.36. The Hall–Kier alpha value is -1.53. The van der Waals surface area contributed by atoms with Crippen molar-refractivity contribution in [3.63, 3.8) is 0 Å². The van der Waals surface area contributed by atoms with E-state index in [9.17, 15) is 18.0 Å². The maximum Gasteiger partial charge on any atom is 0.406 e. The molecular formula is C18H30F3N3O. The number of rotatable bonds is 4. The Labute approximate surface area is 148 Å². The minimum absolute atomic E-state index is 0.00470. The van der Waals surface area contributed by atoms with Crippen LogP contribution in [0.4, 0.5) is 13.2 Å². The summed E-state index contributed by atoms with van der Waals surface area (Å²) in [6, 6.07) is 1.62. The average molecular weight is 361 g/mol. The molecule has 0 saturated heterocycles.